The average molecular weight is 245 g/mol. The standard InChI is InChI=1S/C6H10BrClO3/c1-6(7,5(9)10)4-11-3-2-8/h2-4H2,1H3,(H,9,10). The summed E-state index contributed by atoms with van der Waals surface area (Å²) in [7, 11) is 0. The SMILES string of the molecule is CC(Br)(COCCCl)C(=O)O. The molecule has 1 unspecified atom stereocenters. The minimum Gasteiger partial charge on any atom is -0.480 e. The number of alkyl halides is 2. The first kappa shape index (κ1) is 11.2. The Bertz CT molecular complexity index is 138. The Hall–Kier alpha value is 0.200. The molecule has 11 heavy (non-hydrogen) atoms. The van der Waals surface area contributed by atoms with Gasteiger partial charge in [-0.05, 0) is 6.92 Å². The Balaban J connectivity index is 3.64. The monoisotopic (exact) mass is 244 g/mol. The molecule has 0 amide bonds. The first-order chi connectivity index (χ1) is 5.00. The highest BCUT2D eigenvalue weighted by Gasteiger charge is 2.29. The maximum atomic E-state index is 10.5. The number of hydrogen-bond donors (Lipinski definition) is 1. The van der Waals surface area contributed by atoms with Crippen LogP contribution in [0.3, 0.4) is 0 Å². The van der Waals surface area contributed by atoms with E-state index in [4.69, 9.17) is 21.4 Å². The van der Waals surface area contributed by atoms with Gasteiger partial charge in [0.15, 0.2) is 0 Å². The van der Waals surface area contributed by atoms with Crippen LogP contribution in [-0.2, 0) is 9.53 Å². The lowest BCUT2D eigenvalue weighted by Crippen LogP contribution is -2.33. The van der Waals surface area contributed by atoms with E-state index in [1.807, 2.05) is 0 Å². The van der Waals surface area contributed by atoms with Crippen LogP contribution >= 0.6 is 27.5 Å². The van der Waals surface area contributed by atoms with Crippen LogP contribution in [0.15, 0.2) is 0 Å². The van der Waals surface area contributed by atoms with Gasteiger partial charge in [-0.25, -0.2) is 0 Å². The quantitative estimate of drug-likeness (QED) is 0.589. The highest BCUT2D eigenvalue weighted by molar-refractivity contribution is 9.10. The third kappa shape index (κ3) is 4.61. The molecule has 66 valence electrons. The highest BCUT2D eigenvalue weighted by atomic mass is 79.9. The molecule has 0 radical (unpaired) electrons. The van der Waals surface area contributed by atoms with E-state index in [0.717, 1.165) is 0 Å². The van der Waals surface area contributed by atoms with Gasteiger partial charge < -0.3 is 9.84 Å². The molecule has 0 aromatic rings. The van der Waals surface area contributed by atoms with Gasteiger partial charge in [0.25, 0.3) is 0 Å². The molecule has 0 bridgehead atoms. The number of carboxylic acids is 1. The van der Waals surface area contributed by atoms with Crippen molar-refractivity contribution in [2.75, 3.05) is 19.1 Å². The Morgan fingerprint density at radius 1 is 1.82 bits per heavy atom. The van der Waals surface area contributed by atoms with Gasteiger partial charge in [-0.3, -0.25) is 4.79 Å². The first-order valence-corrected chi connectivity index (χ1v) is 4.39. The topological polar surface area (TPSA) is 46.5 Å². The van der Waals surface area contributed by atoms with Gasteiger partial charge in [0.2, 0.25) is 0 Å². The Morgan fingerprint density at radius 3 is 2.73 bits per heavy atom. The van der Waals surface area contributed by atoms with Crippen LogP contribution in [0, 0.1) is 0 Å². The Kier molecular flexibility index (Phi) is 5.04. The lowest BCUT2D eigenvalue weighted by Gasteiger charge is -2.15. The van der Waals surface area contributed by atoms with E-state index in [1.165, 1.54) is 6.92 Å². The summed E-state index contributed by atoms with van der Waals surface area (Å²) in [5.41, 5.74) is 0. The van der Waals surface area contributed by atoms with E-state index in [0.29, 0.717) is 12.5 Å². The van der Waals surface area contributed by atoms with E-state index in [-0.39, 0.29) is 6.61 Å². The van der Waals surface area contributed by atoms with Crippen molar-refractivity contribution in [3.63, 3.8) is 0 Å². The molecule has 0 heterocycles. The number of carboxylic acid groups (broad SMARTS) is 1. The number of aliphatic carboxylic acids is 1. The van der Waals surface area contributed by atoms with Crippen molar-refractivity contribution in [3.05, 3.63) is 0 Å². The van der Waals surface area contributed by atoms with Gasteiger partial charge in [0.1, 0.15) is 4.32 Å². The van der Waals surface area contributed by atoms with E-state index < -0.39 is 10.3 Å². The summed E-state index contributed by atoms with van der Waals surface area (Å²) in [5, 5.41) is 8.58. The van der Waals surface area contributed by atoms with Gasteiger partial charge in [0, 0.05) is 5.88 Å². The van der Waals surface area contributed by atoms with Crippen molar-refractivity contribution >= 4 is 33.5 Å². The summed E-state index contributed by atoms with van der Waals surface area (Å²) in [6, 6.07) is 0. The maximum Gasteiger partial charge on any atom is 0.322 e. The molecule has 1 atom stereocenters. The minimum atomic E-state index is -1.00. The van der Waals surface area contributed by atoms with E-state index >= 15 is 0 Å². The van der Waals surface area contributed by atoms with E-state index in [2.05, 4.69) is 15.9 Å². The van der Waals surface area contributed by atoms with Gasteiger partial charge in [-0.1, -0.05) is 15.9 Å². The zero-order valence-corrected chi connectivity index (χ0v) is 8.48. The maximum absolute atomic E-state index is 10.5. The van der Waals surface area contributed by atoms with Crippen molar-refractivity contribution < 1.29 is 14.6 Å². The average Bonchev–Trinajstić information content (AvgIpc) is 1.88. The molecular formula is C6H10BrClO3. The van der Waals surface area contributed by atoms with Crippen LogP contribution in [-0.4, -0.2) is 34.5 Å². The number of carbonyl (C=O) groups is 1. The summed E-state index contributed by atoms with van der Waals surface area (Å²) < 4.78 is 3.95. The van der Waals surface area contributed by atoms with Crippen LogP contribution < -0.4 is 0 Å². The third-order valence-electron chi connectivity index (χ3n) is 1.04. The second-order valence-electron chi connectivity index (χ2n) is 2.24. The molecule has 1 N–H and O–H groups in total. The summed E-state index contributed by atoms with van der Waals surface area (Å²) in [6.07, 6.45) is 0. The molecule has 0 saturated carbocycles. The fraction of sp³-hybridized carbons (Fsp3) is 0.833. The Morgan fingerprint density at radius 2 is 2.36 bits per heavy atom. The van der Waals surface area contributed by atoms with Crippen molar-refractivity contribution in [3.8, 4) is 0 Å². The second-order valence-corrected chi connectivity index (χ2v) is 4.37. The molecule has 0 rings (SSSR count). The molecule has 0 aliphatic carbocycles. The largest absolute Gasteiger partial charge is 0.480 e. The van der Waals surface area contributed by atoms with Crippen LogP contribution in [0.4, 0.5) is 0 Å². The third-order valence-corrected chi connectivity index (χ3v) is 1.76. The lowest BCUT2D eigenvalue weighted by atomic mass is 10.2. The normalized spacial score (nSPS) is 15.9. The molecule has 0 aliphatic rings. The van der Waals surface area contributed by atoms with Gasteiger partial charge in [-0.2, -0.15) is 0 Å². The predicted octanol–water partition coefficient (Wildman–Crippen LogP) is 1.48. The molecule has 0 aliphatic heterocycles. The summed E-state index contributed by atoms with van der Waals surface area (Å²) in [4.78, 5) is 10.5. The van der Waals surface area contributed by atoms with Gasteiger partial charge in [0.05, 0.1) is 13.2 Å². The van der Waals surface area contributed by atoms with Crippen molar-refractivity contribution in [2.45, 2.75) is 11.2 Å². The molecule has 3 nitrogen and oxygen atoms in total. The van der Waals surface area contributed by atoms with Crippen molar-refractivity contribution in [1.29, 1.82) is 0 Å². The summed E-state index contributed by atoms with van der Waals surface area (Å²) >= 11 is 8.33. The minimum absolute atomic E-state index is 0.120. The molecule has 0 spiro atoms. The van der Waals surface area contributed by atoms with Crippen molar-refractivity contribution in [2.24, 2.45) is 0 Å². The van der Waals surface area contributed by atoms with Crippen LogP contribution in [0.2, 0.25) is 0 Å². The zero-order chi connectivity index (χ0) is 8.91. The summed E-state index contributed by atoms with van der Waals surface area (Å²) in [5.74, 6) is -0.560. The van der Waals surface area contributed by atoms with Gasteiger partial charge >= 0.3 is 5.97 Å². The summed E-state index contributed by atoms with van der Waals surface area (Å²) in [6.45, 7) is 2.02. The predicted molar refractivity (Wildman–Crippen MR) is 46.5 cm³/mol. The lowest BCUT2D eigenvalue weighted by molar-refractivity contribution is -0.140. The second kappa shape index (κ2) is 4.95. The smallest absolute Gasteiger partial charge is 0.322 e. The van der Waals surface area contributed by atoms with E-state index in [1.54, 1.807) is 0 Å². The number of hydrogen-bond acceptors (Lipinski definition) is 2. The zero-order valence-electron chi connectivity index (χ0n) is 6.14. The number of ether oxygens (including phenoxy) is 1. The van der Waals surface area contributed by atoms with Crippen LogP contribution in [0.5, 0.6) is 0 Å². The molecule has 0 aromatic carbocycles. The molecule has 0 aromatic heterocycles. The molecular weight excluding hydrogens is 235 g/mol. The fourth-order valence-electron chi connectivity index (χ4n) is 0.380. The first-order valence-electron chi connectivity index (χ1n) is 3.06. The molecule has 0 saturated heterocycles. The molecule has 0 fully saturated rings. The fourth-order valence-corrected chi connectivity index (χ4v) is 0.651. The van der Waals surface area contributed by atoms with Crippen molar-refractivity contribution in [1.82, 2.24) is 0 Å². The molecule has 5 heteroatoms. The highest BCUT2D eigenvalue weighted by Crippen LogP contribution is 2.17. The van der Waals surface area contributed by atoms with Crippen LogP contribution in [0.25, 0.3) is 0 Å². The number of rotatable bonds is 5. The Labute approximate surface area is 78.8 Å². The van der Waals surface area contributed by atoms with Gasteiger partial charge in [-0.15, -0.1) is 11.6 Å². The number of halogens is 2. The van der Waals surface area contributed by atoms with E-state index in [9.17, 15) is 4.79 Å². The van der Waals surface area contributed by atoms with Crippen LogP contribution in [0.1, 0.15) is 6.92 Å².